The number of aromatic nitrogens is 2. The number of benzene rings is 2. The molecule has 0 saturated carbocycles. The minimum absolute atomic E-state index is 0.0762. The second-order valence-electron chi connectivity index (χ2n) is 4.04. The van der Waals surface area contributed by atoms with Gasteiger partial charge in [-0.05, 0) is 24.3 Å². The molecule has 0 radical (unpaired) electrons. The number of imidazole rings is 1. The lowest BCUT2D eigenvalue weighted by Crippen LogP contribution is -2.05. The molecule has 0 aliphatic carbocycles. The quantitative estimate of drug-likeness (QED) is 0.778. The van der Waals surface area contributed by atoms with Crippen molar-refractivity contribution in [3.8, 4) is 5.69 Å². The highest BCUT2D eigenvalue weighted by Crippen LogP contribution is 2.26. The molecule has 0 spiro atoms. The van der Waals surface area contributed by atoms with Gasteiger partial charge in [0.15, 0.2) is 0 Å². The molecule has 0 fully saturated rings. The third-order valence-electron chi connectivity index (χ3n) is 2.92. The Bertz CT molecular complexity index is 780. The normalized spacial score (nSPS) is 10.8. The third kappa shape index (κ3) is 1.86. The first-order valence-corrected chi connectivity index (χ1v) is 6.00. The summed E-state index contributed by atoms with van der Waals surface area (Å²) in [7, 11) is 0. The van der Waals surface area contributed by atoms with Crippen LogP contribution in [0.2, 0.25) is 5.02 Å². The van der Waals surface area contributed by atoms with Crippen LogP contribution >= 0.6 is 11.6 Å². The number of hydrogen-bond acceptors (Lipinski definition) is 2. The van der Waals surface area contributed by atoms with Crippen molar-refractivity contribution in [2.45, 2.75) is 0 Å². The first-order chi connectivity index (χ1) is 9.18. The fourth-order valence-electron chi connectivity index (χ4n) is 2.08. The predicted octanol–water partition coefficient (Wildman–Crippen LogP) is 3.38. The minimum atomic E-state index is -1.06. The lowest BCUT2D eigenvalue weighted by molar-refractivity contribution is 0.0697. The van der Waals surface area contributed by atoms with Crippen LogP contribution in [0.15, 0.2) is 48.8 Å². The highest BCUT2D eigenvalue weighted by molar-refractivity contribution is 6.34. The highest BCUT2D eigenvalue weighted by Gasteiger charge is 2.16. The van der Waals surface area contributed by atoms with E-state index < -0.39 is 5.97 Å². The Hall–Kier alpha value is -2.33. The van der Waals surface area contributed by atoms with Crippen molar-refractivity contribution in [3.63, 3.8) is 0 Å². The van der Waals surface area contributed by atoms with E-state index in [4.69, 9.17) is 11.6 Å². The fourth-order valence-corrected chi connectivity index (χ4v) is 2.33. The molecule has 2 aromatic carbocycles. The van der Waals surface area contributed by atoms with E-state index in [9.17, 15) is 9.90 Å². The molecule has 5 heteroatoms. The number of hydrogen-bond donors (Lipinski definition) is 1. The molecule has 0 saturated heterocycles. The number of carboxylic acids is 1. The van der Waals surface area contributed by atoms with Crippen molar-refractivity contribution in [1.82, 2.24) is 9.55 Å². The van der Waals surface area contributed by atoms with Crippen LogP contribution in [0, 0.1) is 0 Å². The minimum Gasteiger partial charge on any atom is -0.478 e. The maximum Gasteiger partial charge on any atom is 0.339 e. The summed E-state index contributed by atoms with van der Waals surface area (Å²) in [6.07, 6.45) is 1.60. The van der Waals surface area contributed by atoms with E-state index in [1.165, 1.54) is 0 Å². The predicted molar refractivity (Wildman–Crippen MR) is 73.0 cm³/mol. The molecule has 3 aromatic rings. The first-order valence-electron chi connectivity index (χ1n) is 5.63. The van der Waals surface area contributed by atoms with E-state index in [2.05, 4.69) is 4.98 Å². The van der Waals surface area contributed by atoms with Crippen molar-refractivity contribution < 1.29 is 9.90 Å². The van der Waals surface area contributed by atoms with Crippen molar-refractivity contribution in [2.75, 3.05) is 0 Å². The van der Waals surface area contributed by atoms with E-state index in [0.29, 0.717) is 5.69 Å². The van der Waals surface area contributed by atoms with Crippen molar-refractivity contribution in [2.24, 2.45) is 0 Å². The van der Waals surface area contributed by atoms with Crippen LogP contribution in [0.1, 0.15) is 10.4 Å². The summed E-state index contributed by atoms with van der Waals surface area (Å²) in [6, 6.07) is 12.5. The maximum absolute atomic E-state index is 11.4. The van der Waals surface area contributed by atoms with Gasteiger partial charge in [0.2, 0.25) is 0 Å². The number of halogens is 1. The largest absolute Gasteiger partial charge is 0.478 e. The van der Waals surface area contributed by atoms with Gasteiger partial charge in [0.1, 0.15) is 11.9 Å². The number of carboxylic acid groups (broad SMARTS) is 1. The molecule has 94 valence electrons. The molecule has 0 aliphatic rings. The first kappa shape index (κ1) is 11.7. The number of carbonyl (C=O) groups is 1. The van der Waals surface area contributed by atoms with E-state index in [-0.39, 0.29) is 10.6 Å². The maximum atomic E-state index is 11.4. The number of rotatable bonds is 2. The fraction of sp³-hybridized carbons (Fsp3) is 0. The van der Waals surface area contributed by atoms with Gasteiger partial charge in [0.05, 0.1) is 21.7 Å². The molecule has 1 N–H and O–H groups in total. The Morgan fingerprint density at radius 1 is 1.16 bits per heavy atom. The Labute approximate surface area is 113 Å². The SMILES string of the molecule is O=C(O)c1c(Cl)cccc1-n1cnc2ccccc21. The van der Waals surface area contributed by atoms with Gasteiger partial charge in [-0.15, -0.1) is 0 Å². The van der Waals surface area contributed by atoms with Gasteiger partial charge in [-0.25, -0.2) is 9.78 Å². The van der Waals surface area contributed by atoms with Gasteiger partial charge in [0.25, 0.3) is 0 Å². The monoisotopic (exact) mass is 272 g/mol. The molecule has 3 rings (SSSR count). The molecule has 0 atom stereocenters. The Morgan fingerprint density at radius 2 is 1.95 bits per heavy atom. The number of para-hydroxylation sites is 2. The van der Waals surface area contributed by atoms with E-state index in [0.717, 1.165) is 11.0 Å². The Kier molecular flexibility index (Phi) is 2.72. The summed E-state index contributed by atoms with van der Waals surface area (Å²) >= 11 is 5.98. The van der Waals surface area contributed by atoms with Crippen molar-refractivity contribution in [1.29, 1.82) is 0 Å². The van der Waals surface area contributed by atoms with Crippen LogP contribution in [-0.4, -0.2) is 20.6 Å². The second kappa shape index (κ2) is 4.40. The zero-order valence-electron chi connectivity index (χ0n) is 9.75. The second-order valence-corrected chi connectivity index (χ2v) is 4.45. The van der Waals surface area contributed by atoms with E-state index in [1.807, 2.05) is 24.3 Å². The van der Waals surface area contributed by atoms with Gasteiger partial charge in [-0.2, -0.15) is 0 Å². The van der Waals surface area contributed by atoms with Crippen molar-refractivity contribution >= 4 is 28.6 Å². The molecule has 0 unspecified atom stereocenters. The Balaban J connectivity index is 2.33. The summed E-state index contributed by atoms with van der Waals surface area (Å²) in [4.78, 5) is 15.6. The summed E-state index contributed by atoms with van der Waals surface area (Å²) in [5, 5.41) is 9.51. The zero-order valence-corrected chi connectivity index (χ0v) is 10.5. The van der Waals surface area contributed by atoms with Crippen LogP contribution < -0.4 is 0 Å². The Morgan fingerprint density at radius 3 is 2.74 bits per heavy atom. The highest BCUT2D eigenvalue weighted by atomic mass is 35.5. The van der Waals surface area contributed by atoms with Crippen LogP contribution in [-0.2, 0) is 0 Å². The smallest absolute Gasteiger partial charge is 0.339 e. The molecule has 1 aromatic heterocycles. The average Bonchev–Trinajstić information content (AvgIpc) is 2.81. The standard InChI is InChI=1S/C14H9ClN2O2/c15-9-4-3-7-12(13(9)14(18)19)17-8-16-10-5-1-2-6-11(10)17/h1-8H,(H,18,19). The summed E-state index contributed by atoms with van der Waals surface area (Å²) < 4.78 is 1.73. The molecule has 0 aliphatic heterocycles. The lowest BCUT2D eigenvalue weighted by atomic mass is 10.1. The van der Waals surface area contributed by atoms with Gasteiger partial charge in [0, 0.05) is 0 Å². The van der Waals surface area contributed by atoms with Gasteiger partial charge >= 0.3 is 5.97 Å². The van der Waals surface area contributed by atoms with Gasteiger partial charge in [-0.1, -0.05) is 29.8 Å². The van der Waals surface area contributed by atoms with Crippen LogP contribution in [0.4, 0.5) is 0 Å². The third-order valence-corrected chi connectivity index (χ3v) is 3.23. The summed E-state index contributed by atoms with van der Waals surface area (Å²) in [5.74, 6) is -1.06. The molecule has 1 heterocycles. The van der Waals surface area contributed by atoms with Crippen LogP contribution in [0.3, 0.4) is 0 Å². The topological polar surface area (TPSA) is 55.1 Å². The number of nitrogens with zero attached hydrogens (tertiary/aromatic N) is 2. The average molecular weight is 273 g/mol. The van der Waals surface area contributed by atoms with E-state index in [1.54, 1.807) is 29.1 Å². The van der Waals surface area contributed by atoms with E-state index >= 15 is 0 Å². The lowest BCUT2D eigenvalue weighted by Gasteiger charge is -2.09. The number of aromatic carboxylic acids is 1. The summed E-state index contributed by atoms with van der Waals surface area (Å²) in [5.41, 5.74) is 2.23. The molecule has 19 heavy (non-hydrogen) atoms. The van der Waals surface area contributed by atoms with Crippen LogP contribution in [0.5, 0.6) is 0 Å². The van der Waals surface area contributed by atoms with Gasteiger partial charge < -0.3 is 5.11 Å². The molecule has 0 amide bonds. The van der Waals surface area contributed by atoms with Crippen molar-refractivity contribution in [3.05, 3.63) is 59.4 Å². The number of fused-ring (bicyclic) bond motifs is 1. The van der Waals surface area contributed by atoms with Crippen LogP contribution in [0.25, 0.3) is 16.7 Å². The molecular formula is C14H9ClN2O2. The molecule has 4 nitrogen and oxygen atoms in total. The summed E-state index contributed by atoms with van der Waals surface area (Å²) in [6.45, 7) is 0. The molecular weight excluding hydrogens is 264 g/mol. The zero-order chi connectivity index (χ0) is 13.4. The van der Waals surface area contributed by atoms with Gasteiger partial charge in [-0.3, -0.25) is 4.57 Å². The molecule has 0 bridgehead atoms.